The minimum atomic E-state index is -0.528. The second-order valence-electron chi connectivity index (χ2n) is 3.93. The van der Waals surface area contributed by atoms with Crippen LogP contribution in [0, 0.1) is 13.8 Å². The van der Waals surface area contributed by atoms with Crippen molar-refractivity contribution in [3.63, 3.8) is 0 Å². The van der Waals surface area contributed by atoms with Gasteiger partial charge in [0, 0.05) is 13.8 Å². The predicted molar refractivity (Wildman–Crippen MR) is 63.6 cm³/mol. The third-order valence-electron chi connectivity index (χ3n) is 2.59. The third-order valence-corrected chi connectivity index (χ3v) is 2.59. The molecule has 0 spiro atoms. The topological polar surface area (TPSA) is 86.2 Å². The van der Waals surface area contributed by atoms with Crippen LogP contribution in [0.4, 0.5) is 0 Å². The molecule has 0 aliphatic heterocycles. The zero-order valence-electron chi connectivity index (χ0n) is 9.68. The molecule has 0 bridgehead atoms. The maximum absolute atomic E-state index is 11.7. The molecule has 2 aromatic heterocycles. The van der Waals surface area contributed by atoms with Gasteiger partial charge in [-0.2, -0.15) is 0 Å². The maximum Gasteiger partial charge on any atom is 0.346 e. The highest BCUT2D eigenvalue weighted by Gasteiger charge is 2.10. The smallest absolute Gasteiger partial charge is 0.346 e. The van der Waals surface area contributed by atoms with Crippen LogP contribution in [0.1, 0.15) is 11.8 Å². The van der Waals surface area contributed by atoms with Crippen molar-refractivity contribution in [2.45, 2.75) is 13.8 Å². The van der Waals surface area contributed by atoms with Crippen molar-refractivity contribution >= 4 is 21.8 Å². The second-order valence-corrected chi connectivity index (χ2v) is 3.93. The Bertz CT molecular complexity index is 821. The van der Waals surface area contributed by atoms with E-state index in [0.29, 0.717) is 11.0 Å². The SMILES string of the molecule is Cc1nc2cc3nc(C)oc(=O)c3cc2c(=O)o1. The fourth-order valence-electron chi connectivity index (χ4n) is 1.85. The molecule has 0 saturated heterocycles. The Morgan fingerprint density at radius 3 is 1.72 bits per heavy atom. The quantitative estimate of drug-likeness (QED) is 0.554. The van der Waals surface area contributed by atoms with Crippen molar-refractivity contribution in [1.29, 1.82) is 0 Å². The zero-order valence-corrected chi connectivity index (χ0v) is 9.68. The molecule has 2 heterocycles. The van der Waals surface area contributed by atoms with Gasteiger partial charge in [-0.25, -0.2) is 19.6 Å². The predicted octanol–water partition coefficient (Wildman–Crippen LogP) is 1.31. The van der Waals surface area contributed by atoms with Crippen LogP contribution in [-0.4, -0.2) is 9.97 Å². The minimum absolute atomic E-state index is 0.242. The largest absolute Gasteiger partial charge is 0.408 e. The maximum atomic E-state index is 11.7. The lowest BCUT2D eigenvalue weighted by Crippen LogP contribution is -2.07. The average Bonchev–Trinajstić information content (AvgIpc) is 2.26. The van der Waals surface area contributed by atoms with Crippen molar-refractivity contribution in [3.8, 4) is 0 Å². The highest BCUT2D eigenvalue weighted by atomic mass is 16.4. The normalized spacial score (nSPS) is 11.2. The number of aromatic nitrogens is 2. The minimum Gasteiger partial charge on any atom is -0.408 e. The van der Waals surface area contributed by atoms with Crippen LogP contribution in [0.15, 0.2) is 30.6 Å². The number of aryl methyl sites for hydroxylation is 2. The lowest BCUT2D eigenvalue weighted by Gasteiger charge is -2.00. The van der Waals surface area contributed by atoms with E-state index in [-0.39, 0.29) is 22.6 Å². The lowest BCUT2D eigenvalue weighted by atomic mass is 10.2. The summed E-state index contributed by atoms with van der Waals surface area (Å²) < 4.78 is 9.77. The molecule has 6 heteroatoms. The number of benzene rings is 1. The molecule has 0 atom stereocenters. The molecule has 3 aromatic rings. The lowest BCUT2D eigenvalue weighted by molar-refractivity contribution is 0.465. The van der Waals surface area contributed by atoms with Crippen molar-refractivity contribution in [2.75, 3.05) is 0 Å². The molecule has 0 saturated carbocycles. The Morgan fingerprint density at radius 2 is 1.28 bits per heavy atom. The molecule has 3 rings (SSSR count). The number of fused-ring (bicyclic) bond motifs is 2. The molecule has 0 fully saturated rings. The van der Waals surface area contributed by atoms with Crippen LogP contribution < -0.4 is 11.3 Å². The van der Waals surface area contributed by atoms with Gasteiger partial charge in [0.15, 0.2) is 11.8 Å². The van der Waals surface area contributed by atoms with E-state index in [1.807, 2.05) is 0 Å². The van der Waals surface area contributed by atoms with E-state index in [0.717, 1.165) is 0 Å². The van der Waals surface area contributed by atoms with Gasteiger partial charge in [-0.05, 0) is 12.1 Å². The molecule has 18 heavy (non-hydrogen) atoms. The Labute approximate surface area is 99.9 Å². The first-order chi connectivity index (χ1) is 8.54. The molecular weight excluding hydrogens is 236 g/mol. The van der Waals surface area contributed by atoms with Crippen molar-refractivity contribution < 1.29 is 8.83 Å². The molecule has 90 valence electrons. The zero-order chi connectivity index (χ0) is 12.9. The summed E-state index contributed by atoms with van der Waals surface area (Å²) in [5.41, 5.74) is -0.152. The fraction of sp³-hybridized carbons (Fsp3) is 0.167. The summed E-state index contributed by atoms with van der Waals surface area (Å²) in [4.78, 5) is 31.5. The monoisotopic (exact) mass is 244 g/mol. The average molecular weight is 244 g/mol. The summed E-state index contributed by atoms with van der Waals surface area (Å²) in [7, 11) is 0. The van der Waals surface area contributed by atoms with E-state index in [4.69, 9.17) is 8.83 Å². The van der Waals surface area contributed by atoms with Gasteiger partial charge in [-0.3, -0.25) is 0 Å². The van der Waals surface area contributed by atoms with Crippen LogP contribution in [0.3, 0.4) is 0 Å². The van der Waals surface area contributed by atoms with Crippen molar-refractivity contribution in [2.24, 2.45) is 0 Å². The first kappa shape index (κ1) is 10.6. The summed E-state index contributed by atoms with van der Waals surface area (Å²) in [6, 6.07) is 2.99. The highest BCUT2D eigenvalue weighted by Crippen LogP contribution is 2.15. The summed E-state index contributed by atoms with van der Waals surface area (Å²) >= 11 is 0. The van der Waals surface area contributed by atoms with Gasteiger partial charge < -0.3 is 8.83 Å². The highest BCUT2D eigenvalue weighted by molar-refractivity contribution is 5.93. The summed E-state index contributed by atoms with van der Waals surface area (Å²) in [6.07, 6.45) is 0. The summed E-state index contributed by atoms with van der Waals surface area (Å²) in [5.74, 6) is 0.540. The fourth-order valence-corrected chi connectivity index (χ4v) is 1.85. The Balaban J connectivity index is 2.59. The summed E-state index contributed by atoms with van der Waals surface area (Å²) in [6.45, 7) is 3.17. The van der Waals surface area contributed by atoms with Crippen LogP contribution in [0.2, 0.25) is 0 Å². The molecule has 0 aliphatic rings. The van der Waals surface area contributed by atoms with Gasteiger partial charge in [0.05, 0.1) is 21.8 Å². The van der Waals surface area contributed by atoms with Gasteiger partial charge >= 0.3 is 11.3 Å². The Hall–Kier alpha value is -2.50. The van der Waals surface area contributed by atoms with E-state index in [2.05, 4.69) is 9.97 Å². The Kier molecular flexibility index (Phi) is 2.07. The molecule has 0 aliphatic carbocycles. The van der Waals surface area contributed by atoms with Crippen LogP contribution in [-0.2, 0) is 0 Å². The molecule has 0 unspecified atom stereocenters. The van der Waals surface area contributed by atoms with E-state index in [1.165, 1.54) is 6.07 Å². The van der Waals surface area contributed by atoms with Gasteiger partial charge in [0.25, 0.3) is 0 Å². The third kappa shape index (κ3) is 1.50. The number of rotatable bonds is 0. The van der Waals surface area contributed by atoms with Crippen LogP contribution in [0.5, 0.6) is 0 Å². The Morgan fingerprint density at radius 1 is 0.833 bits per heavy atom. The molecular formula is C12H8N2O4. The van der Waals surface area contributed by atoms with E-state index >= 15 is 0 Å². The van der Waals surface area contributed by atoms with Crippen molar-refractivity contribution in [3.05, 3.63) is 44.8 Å². The van der Waals surface area contributed by atoms with E-state index < -0.39 is 11.3 Å². The van der Waals surface area contributed by atoms with Crippen LogP contribution in [0.25, 0.3) is 21.8 Å². The first-order valence-electron chi connectivity index (χ1n) is 5.27. The van der Waals surface area contributed by atoms with Gasteiger partial charge in [0.2, 0.25) is 0 Å². The molecule has 6 nitrogen and oxygen atoms in total. The van der Waals surface area contributed by atoms with E-state index in [9.17, 15) is 9.59 Å². The van der Waals surface area contributed by atoms with E-state index in [1.54, 1.807) is 19.9 Å². The number of hydrogen-bond acceptors (Lipinski definition) is 6. The standard InChI is InChI=1S/C12H8N2O4/c1-5-13-9-4-10-8(3-7(9)11(15)17-5)12(16)18-6(2)14-10/h3-4H,1-2H3. The molecule has 1 aromatic carbocycles. The van der Waals surface area contributed by atoms with Gasteiger partial charge in [-0.1, -0.05) is 0 Å². The first-order valence-corrected chi connectivity index (χ1v) is 5.27. The molecule has 0 N–H and O–H groups in total. The summed E-state index contributed by atoms with van der Waals surface area (Å²) in [5, 5.41) is 0.483. The van der Waals surface area contributed by atoms with Gasteiger partial charge in [-0.15, -0.1) is 0 Å². The molecule has 0 amide bonds. The number of nitrogens with zero attached hydrogens (tertiary/aromatic N) is 2. The van der Waals surface area contributed by atoms with Gasteiger partial charge in [0.1, 0.15) is 0 Å². The van der Waals surface area contributed by atoms with Crippen LogP contribution >= 0.6 is 0 Å². The van der Waals surface area contributed by atoms with Crippen molar-refractivity contribution in [1.82, 2.24) is 9.97 Å². The second kappa shape index (κ2) is 3.49. The molecule has 0 radical (unpaired) electrons. The number of hydrogen-bond donors (Lipinski definition) is 0.